The molecular formula is C8H8NO2Ta-. The van der Waals surface area contributed by atoms with Crippen molar-refractivity contribution in [1.82, 2.24) is 4.98 Å². The van der Waals surface area contributed by atoms with Crippen molar-refractivity contribution in [2.75, 3.05) is 0 Å². The summed E-state index contributed by atoms with van der Waals surface area (Å²) >= 11 is 0. The van der Waals surface area contributed by atoms with Crippen LogP contribution in [0.25, 0.3) is 0 Å². The van der Waals surface area contributed by atoms with Crippen molar-refractivity contribution in [3.05, 3.63) is 33.7 Å². The van der Waals surface area contributed by atoms with Gasteiger partial charge in [-0.25, -0.2) is 0 Å². The van der Waals surface area contributed by atoms with Crippen molar-refractivity contribution in [3.8, 4) is 0 Å². The zero-order chi connectivity index (χ0) is 8.43. The standard InChI is InChI=1S/C8H9NO2.Ta/c1-5-3-4-7(6(2)10)8(11)9-5;/h3-4H,1-2H3,(H,9,10,11);/p-1. The van der Waals surface area contributed by atoms with E-state index in [-0.39, 0.29) is 33.7 Å². The number of ketones is 1. The molecule has 0 saturated heterocycles. The first kappa shape index (κ1) is 11.4. The van der Waals surface area contributed by atoms with Gasteiger partial charge in [-0.2, -0.15) is 5.69 Å². The van der Waals surface area contributed by atoms with Gasteiger partial charge in [-0.05, 0) is 6.92 Å². The number of aromatic nitrogens is 1. The predicted molar refractivity (Wildman–Crippen MR) is 40.8 cm³/mol. The SMILES string of the molecule is CC(=O)c1ccc(C)[n-]c1=O.[Ta]. The molecule has 0 spiro atoms. The summed E-state index contributed by atoms with van der Waals surface area (Å²) in [5.74, 6) is -0.234. The number of hydrogen-bond acceptors (Lipinski definition) is 2. The number of pyridine rings is 1. The van der Waals surface area contributed by atoms with E-state index in [1.165, 1.54) is 13.0 Å². The molecule has 3 nitrogen and oxygen atoms in total. The van der Waals surface area contributed by atoms with Crippen LogP contribution in [0.2, 0.25) is 0 Å². The molecule has 1 radical (unpaired) electrons. The van der Waals surface area contributed by atoms with Crippen LogP contribution in [0.5, 0.6) is 0 Å². The van der Waals surface area contributed by atoms with Crippen molar-refractivity contribution < 1.29 is 27.2 Å². The van der Waals surface area contributed by atoms with E-state index < -0.39 is 5.56 Å². The Hall–Kier alpha value is -0.640. The van der Waals surface area contributed by atoms with Gasteiger partial charge in [0.1, 0.15) is 0 Å². The Labute approximate surface area is 85.7 Å². The Morgan fingerprint density at radius 2 is 2.00 bits per heavy atom. The Morgan fingerprint density at radius 1 is 1.42 bits per heavy atom. The van der Waals surface area contributed by atoms with Crippen LogP contribution in [0.15, 0.2) is 16.9 Å². The molecule has 0 atom stereocenters. The van der Waals surface area contributed by atoms with Gasteiger partial charge in [-0.15, -0.1) is 0 Å². The minimum absolute atomic E-state index is 0. The molecule has 1 aromatic rings. The second-order valence-corrected chi connectivity index (χ2v) is 2.36. The van der Waals surface area contributed by atoms with Crippen molar-refractivity contribution >= 4 is 5.78 Å². The van der Waals surface area contributed by atoms with Crippen LogP contribution < -0.4 is 10.5 Å². The van der Waals surface area contributed by atoms with Gasteiger partial charge in [0.05, 0.1) is 5.56 Å². The molecule has 0 unspecified atom stereocenters. The molecular weight excluding hydrogens is 323 g/mol. The summed E-state index contributed by atoms with van der Waals surface area (Å²) < 4.78 is 0. The summed E-state index contributed by atoms with van der Waals surface area (Å²) in [7, 11) is 0. The molecule has 0 aliphatic carbocycles. The van der Waals surface area contributed by atoms with Gasteiger partial charge in [0, 0.05) is 27.9 Å². The maximum Gasteiger partial charge on any atom is 0.161 e. The molecule has 1 aromatic heterocycles. The zero-order valence-corrected chi connectivity index (χ0v) is 10.1. The van der Waals surface area contributed by atoms with Gasteiger partial charge < -0.3 is 9.78 Å². The van der Waals surface area contributed by atoms with Crippen molar-refractivity contribution in [3.63, 3.8) is 0 Å². The van der Waals surface area contributed by atoms with Crippen molar-refractivity contribution in [2.24, 2.45) is 0 Å². The summed E-state index contributed by atoms with van der Waals surface area (Å²) in [6.45, 7) is 3.07. The first-order valence-corrected chi connectivity index (χ1v) is 3.27. The molecule has 4 heteroatoms. The minimum atomic E-state index is -0.433. The monoisotopic (exact) mass is 331 g/mol. The number of Topliss-reactive ketones (excluding diaryl/α,β-unsaturated/α-hetero) is 1. The maximum atomic E-state index is 10.9. The van der Waals surface area contributed by atoms with E-state index in [1.54, 1.807) is 13.0 Å². The van der Waals surface area contributed by atoms with Crippen LogP contribution in [0.3, 0.4) is 0 Å². The molecule has 1 heterocycles. The number of hydrogen-bond donors (Lipinski definition) is 0. The van der Waals surface area contributed by atoms with E-state index in [2.05, 4.69) is 4.98 Å². The molecule has 0 aromatic carbocycles. The number of aryl methyl sites for hydroxylation is 1. The average molecular weight is 331 g/mol. The Balaban J connectivity index is 0.00000121. The van der Waals surface area contributed by atoms with Gasteiger partial charge in [0.25, 0.3) is 0 Å². The Kier molecular flexibility index (Phi) is 4.17. The Morgan fingerprint density at radius 3 is 2.42 bits per heavy atom. The summed E-state index contributed by atoms with van der Waals surface area (Å²) in [5.41, 5.74) is 0.369. The predicted octanol–water partition coefficient (Wildman–Crippen LogP) is 0.513. The molecule has 0 N–H and O–H groups in total. The number of nitrogens with zero attached hydrogens (tertiary/aromatic N) is 1. The number of rotatable bonds is 1. The van der Waals surface area contributed by atoms with Gasteiger partial charge >= 0.3 is 0 Å². The molecule has 0 amide bonds. The fourth-order valence-corrected chi connectivity index (χ4v) is 0.801. The minimum Gasteiger partial charge on any atom is -0.626 e. The van der Waals surface area contributed by atoms with Crippen LogP contribution in [0.4, 0.5) is 0 Å². The average Bonchev–Trinajstić information content (AvgIpc) is 1.85. The number of carbonyl (C=O) groups is 1. The van der Waals surface area contributed by atoms with Crippen LogP contribution in [-0.4, -0.2) is 5.78 Å². The summed E-state index contributed by atoms with van der Waals surface area (Å²) in [6, 6.07) is 3.16. The van der Waals surface area contributed by atoms with E-state index in [9.17, 15) is 9.59 Å². The second kappa shape index (κ2) is 4.40. The molecule has 0 aliphatic heterocycles. The third kappa shape index (κ3) is 2.44. The largest absolute Gasteiger partial charge is 0.626 e. The molecule has 0 fully saturated rings. The van der Waals surface area contributed by atoms with Crippen LogP contribution >= 0.6 is 0 Å². The normalized spacial score (nSPS) is 8.83. The summed E-state index contributed by atoms with van der Waals surface area (Å²) in [6.07, 6.45) is 0. The fraction of sp³-hybridized carbons (Fsp3) is 0.250. The molecule has 0 aliphatic rings. The van der Waals surface area contributed by atoms with Gasteiger partial charge in [-0.3, -0.25) is 4.79 Å². The van der Waals surface area contributed by atoms with E-state index in [0.717, 1.165) is 0 Å². The van der Waals surface area contributed by atoms with Crippen molar-refractivity contribution in [1.29, 1.82) is 0 Å². The van der Waals surface area contributed by atoms with Crippen LogP contribution in [0.1, 0.15) is 23.0 Å². The maximum absolute atomic E-state index is 10.9. The fourth-order valence-electron chi connectivity index (χ4n) is 0.801. The molecule has 0 saturated carbocycles. The number of carbonyl (C=O) groups excluding carboxylic acids is 1. The van der Waals surface area contributed by atoms with E-state index >= 15 is 0 Å². The third-order valence-electron chi connectivity index (χ3n) is 1.38. The Bertz CT molecular complexity index is 343. The molecule has 12 heavy (non-hydrogen) atoms. The first-order chi connectivity index (χ1) is 5.11. The molecule has 1 rings (SSSR count). The smallest absolute Gasteiger partial charge is 0.161 e. The van der Waals surface area contributed by atoms with Crippen molar-refractivity contribution in [2.45, 2.75) is 13.8 Å². The second-order valence-electron chi connectivity index (χ2n) is 2.36. The van der Waals surface area contributed by atoms with Crippen LogP contribution in [0, 0.1) is 6.92 Å². The van der Waals surface area contributed by atoms with E-state index in [0.29, 0.717) is 5.69 Å². The summed E-state index contributed by atoms with van der Waals surface area (Å²) in [4.78, 5) is 25.3. The quantitative estimate of drug-likeness (QED) is 0.705. The third-order valence-corrected chi connectivity index (χ3v) is 1.38. The zero-order valence-electron chi connectivity index (χ0n) is 6.87. The van der Waals surface area contributed by atoms with E-state index in [1.807, 2.05) is 0 Å². The molecule has 0 bridgehead atoms. The van der Waals surface area contributed by atoms with E-state index in [4.69, 9.17) is 0 Å². The van der Waals surface area contributed by atoms with Crippen LogP contribution in [-0.2, 0) is 22.4 Å². The first-order valence-electron chi connectivity index (χ1n) is 3.27. The topological polar surface area (TPSA) is 48.2 Å². The van der Waals surface area contributed by atoms with Gasteiger partial charge in [0.2, 0.25) is 0 Å². The van der Waals surface area contributed by atoms with Gasteiger partial charge in [0.15, 0.2) is 5.78 Å². The van der Waals surface area contributed by atoms with Gasteiger partial charge in [-0.1, -0.05) is 19.1 Å². The molecule has 63 valence electrons. The summed E-state index contributed by atoms with van der Waals surface area (Å²) in [5, 5.41) is 0.